The van der Waals surface area contributed by atoms with E-state index in [0.717, 1.165) is 13.1 Å². The fourth-order valence-corrected chi connectivity index (χ4v) is 2.98. The van der Waals surface area contributed by atoms with Crippen molar-refractivity contribution < 1.29 is 9.90 Å². The first-order valence-electron chi connectivity index (χ1n) is 6.64. The molecule has 0 aromatic rings. The molecule has 94 valence electrons. The van der Waals surface area contributed by atoms with Crippen molar-refractivity contribution in [2.75, 3.05) is 13.1 Å². The van der Waals surface area contributed by atoms with Gasteiger partial charge in [0.15, 0.2) is 0 Å². The Morgan fingerprint density at radius 2 is 1.81 bits per heavy atom. The van der Waals surface area contributed by atoms with E-state index in [1.165, 1.54) is 32.1 Å². The second-order valence-electron chi connectivity index (χ2n) is 4.78. The Morgan fingerprint density at radius 3 is 2.25 bits per heavy atom. The molecule has 1 aliphatic carbocycles. The highest BCUT2D eigenvalue weighted by Crippen LogP contribution is 2.30. The van der Waals surface area contributed by atoms with Crippen molar-refractivity contribution in [3.05, 3.63) is 0 Å². The monoisotopic (exact) mass is 227 g/mol. The van der Waals surface area contributed by atoms with Crippen LogP contribution >= 0.6 is 0 Å². The van der Waals surface area contributed by atoms with Gasteiger partial charge in [-0.15, -0.1) is 0 Å². The van der Waals surface area contributed by atoms with E-state index in [2.05, 4.69) is 18.7 Å². The number of rotatable bonds is 6. The van der Waals surface area contributed by atoms with Crippen LogP contribution in [-0.4, -0.2) is 35.1 Å². The van der Waals surface area contributed by atoms with Crippen molar-refractivity contribution >= 4 is 5.97 Å². The van der Waals surface area contributed by atoms with Crippen LogP contribution < -0.4 is 0 Å². The minimum atomic E-state index is -0.650. The lowest BCUT2D eigenvalue weighted by molar-refractivity contribution is -0.139. The molecule has 1 fully saturated rings. The van der Waals surface area contributed by atoms with Crippen LogP contribution in [0.2, 0.25) is 0 Å². The lowest BCUT2D eigenvalue weighted by Crippen LogP contribution is -2.42. The summed E-state index contributed by atoms with van der Waals surface area (Å²) in [4.78, 5) is 13.3. The third-order valence-electron chi connectivity index (χ3n) is 3.86. The van der Waals surface area contributed by atoms with E-state index in [-0.39, 0.29) is 6.04 Å². The predicted molar refractivity (Wildman–Crippen MR) is 65.5 cm³/mol. The molecule has 1 rings (SSSR count). The number of carboxylic acids is 1. The SMILES string of the molecule is CCN(CC)C(CC(=O)O)C1CCCCC1. The van der Waals surface area contributed by atoms with Crippen molar-refractivity contribution in [1.29, 1.82) is 0 Å². The van der Waals surface area contributed by atoms with Gasteiger partial charge >= 0.3 is 5.97 Å². The molecule has 1 atom stereocenters. The van der Waals surface area contributed by atoms with Gasteiger partial charge < -0.3 is 10.0 Å². The Hall–Kier alpha value is -0.570. The molecular weight excluding hydrogens is 202 g/mol. The predicted octanol–water partition coefficient (Wildman–Crippen LogP) is 2.75. The van der Waals surface area contributed by atoms with E-state index in [1.807, 2.05) is 0 Å². The molecule has 3 heteroatoms. The Morgan fingerprint density at radius 1 is 1.25 bits per heavy atom. The molecule has 0 aromatic heterocycles. The summed E-state index contributed by atoms with van der Waals surface area (Å²) in [6, 6.07) is 0.257. The van der Waals surface area contributed by atoms with E-state index < -0.39 is 5.97 Å². The molecule has 0 aromatic carbocycles. The normalized spacial score (nSPS) is 19.9. The number of hydrogen-bond acceptors (Lipinski definition) is 2. The lowest BCUT2D eigenvalue weighted by atomic mass is 9.82. The smallest absolute Gasteiger partial charge is 0.304 e. The van der Waals surface area contributed by atoms with Gasteiger partial charge in [-0.05, 0) is 31.8 Å². The average molecular weight is 227 g/mol. The van der Waals surface area contributed by atoms with Gasteiger partial charge in [-0.3, -0.25) is 4.79 Å². The van der Waals surface area contributed by atoms with Crippen molar-refractivity contribution in [2.24, 2.45) is 5.92 Å². The third kappa shape index (κ3) is 3.78. The molecule has 1 saturated carbocycles. The molecule has 0 saturated heterocycles. The van der Waals surface area contributed by atoms with Gasteiger partial charge in [0.05, 0.1) is 6.42 Å². The third-order valence-corrected chi connectivity index (χ3v) is 3.86. The molecule has 0 spiro atoms. The fourth-order valence-electron chi connectivity index (χ4n) is 2.98. The molecule has 16 heavy (non-hydrogen) atoms. The summed E-state index contributed by atoms with van der Waals surface area (Å²) in [5.41, 5.74) is 0. The molecule has 0 radical (unpaired) electrons. The second-order valence-corrected chi connectivity index (χ2v) is 4.78. The van der Waals surface area contributed by atoms with Gasteiger partial charge in [-0.1, -0.05) is 33.1 Å². The highest BCUT2D eigenvalue weighted by molar-refractivity contribution is 5.67. The Labute approximate surface area is 98.8 Å². The van der Waals surface area contributed by atoms with Gasteiger partial charge in [0.25, 0.3) is 0 Å². The molecule has 1 unspecified atom stereocenters. The van der Waals surface area contributed by atoms with Crippen molar-refractivity contribution in [3.63, 3.8) is 0 Å². The molecule has 0 heterocycles. The van der Waals surface area contributed by atoms with Crippen LogP contribution in [0.5, 0.6) is 0 Å². The van der Waals surface area contributed by atoms with Gasteiger partial charge in [0.1, 0.15) is 0 Å². The summed E-state index contributed by atoms with van der Waals surface area (Å²) in [6.07, 6.45) is 6.63. The van der Waals surface area contributed by atoms with Crippen LogP contribution in [0.3, 0.4) is 0 Å². The number of aliphatic carboxylic acids is 1. The quantitative estimate of drug-likeness (QED) is 0.758. The first-order valence-corrected chi connectivity index (χ1v) is 6.64. The molecule has 3 nitrogen and oxygen atoms in total. The lowest BCUT2D eigenvalue weighted by Gasteiger charge is -2.37. The van der Waals surface area contributed by atoms with Crippen LogP contribution in [0.15, 0.2) is 0 Å². The summed E-state index contributed by atoms with van der Waals surface area (Å²) in [5, 5.41) is 9.03. The maximum Gasteiger partial charge on any atom is 0.304 e. The van der Waals surface area contributed by atoms with Crippen molar-refractivity contribution in [3.8, 4) is 0 Å². The van der Waals surface area contributed by atoms with Gasteiger partial charge in [0.2, 0.25) is 0 Å². The van der Waals surface area contributed by atoms with Crippen LogP contribution in [-0.2, 0) is 4.79 Å². The van der Waals surface area contributed by atoms with Gasteiger partial charge in [-0.25, -0.2) is 0 Å². The topological polar surface area (TPSA) is 40.5 Å². The second kappa shape index (κ2) is 6.89. The van der Waals surface area contributed by atoms with E-state index in [4.69, 9.17) is 5.11 Å². The van der Waals surface area contributed by atoms with E-state index in [9.17, 15) is 4.79 Å². The van der Waals surface area contributed by atoms with E-state index in [1.54, 1.807) is 0 Å². The van der Waals surface area contributed by atoms with Crippen LogP contribution in [0.1, 0.15) is 52.4 Å². The minimum Gasteiger partial charge on any atom is -0.481 e. The highest BCUT2D eigenvalue weighted by atomic mass is 16.4. The maximum atomic E-state index is 11.0. The number of carboxylic acid groups (broad SMARTS) is 1. The zero-order valence-corrected chi connectivity index (χ0v) is 10.6. The van der Waals surface area contributed by atoms with Gasteiger partial charge in [0, 0.05) is 6.04 Å². The summed E-state index contributed by atoms with van der Waals surface area (Å²) < 4.78 is 0. The Kier molecular flexibility index (Phi) is 5.81. The first kappa shape index (κ1) is 13.5. The van der Waals surface area contributed by atoms with Gasteiger partial charge in [-0.2, -0.15) is 0 Å². The maximum absolute atomic E-state index is 11.0. The zero-order chi connectivity index (χ0) is 12.0. The molecule has 0 amide bonds. The molecule has 1 aliphatic rings. The summed E-state index contributed by atoms with van der Waals surface area (Å²) in [5.74, 6) is -0.0489. The van der Waals surface area contributed by atoms with E-state index >= 15 is 0 Å². The summed E-state index contributed by atoms with van der Waals surface area (Å²) >= 11 is 0. The number of hydrogen-bond donors (Lipinski definition) is 1. The Bertz CT molecular complexity index is 208. The molecule has 0 aliphatic heterocycles. The van der Waals surface area contributed by atoms with Crippen molar-refractivity contribution in [2.45, 2.75) is 58.4 Å². The molecular formula is C13H25NO2. The number of carbonyl (C=O) groups is 1. The van der Waals surface area contributed by atoms with Crippen LogP contribution in [0.4, 0.5) is 0 Å². The fraction of sp³-hybridized carbons (Fsp3) is 0.923. The minimum absolute atomic E-state index is 0.257. The zero-order valence-electron chi connectivity index (χ0n) is 10.6. The summed E-state index contributed by atoms with van der Waals surface area (Å²) in [6.45, 7) is 6.18. The molecule has 1 N–H and O–H groups in total. The van der Waals surface area contributed by atoms with E-state index in [0.29, 0.717) is 12.3 Å². The average Bonchev–Trinajstić information content (AvgIpc) is 2.30. The van der Waals surface area contributed by atoms with Crippen LogP contribution in [0, 0.1) is 5.92 Å². The van der Waals surface area contributed by atoms with Crippen LogP contribution in [0.25, 0.3) is 0 Å². The Balaban J connectivity index is 2.63. The first-order chi connectivity index (χ1) is 7.69. The summed E-state index contributed by atoms with van der Waals surface area (Å²) in [7, 11) is 0. The highest BCUT2D eigenvalue weighted by Gasteiger charge is 2.29. The standard InChI is InChI=1S/C13H25NO2/c1-3-14(4-2)12(10-13(15)16)11-8-6-5-7-9-11/h11-12H,3-10H2,1-2H3,(H,15,16). The molecule has 0 bridgehead atoms. The number of nitrogens with zero attached hydrogens (tertiary/aromatic N) is 1. The largest absolute Gasteiger partial charge is 0.481 e. The van der Waals surface area contributed by atoms with Crippen molar-refractivity contribution in [1.82, 2.24) is 4.90 Å².